The van der Waals surface area contributed by atoms with Crippen LogP contribution >= 0.6 is 0 Å². The highest BCUT2D eigenvalue weighted by molar-refractivity contribution is 5.41. The summed E-state index contributed by atoms with van der Waals surface area (Å²) in [6.45, 7) is 2.30. The molecule has 3 rings (SSSR count). The van der Waals surface area contributed by atoms with E-state index in [0.717, 1.165) is 12.3 Å². The van der Waals surface area contributed by atoms with Crippen molar-refractivity contribution in [1.29, 1.82) is 0 Å². The Labute approximate surface area is 146 Å². The van der Waals surface area contributed by atoms with Crippen LogP contribution < -0.4 is 5.32 Å². The zero-order valence-corrected chi connectivity index (χ0v) is 15.1. The fourth-order valence-electron chi connectivity index (χ4n) is 3.99. The minimum absolute atomic E-state index is 0.187. The second-order valence-corrected chi connectivity index (χ2v) is 7.18. The van der Waals surface area contributed by atoms with Crippen LogP contribution in [0.4, 0.5) is 0 Å². The van der Waals surface area contributed by atoms with Crippen molar-refractivity contribution < 1.29 is 4.74 Å². The molecule has 1 fully saturated rings. The van der Waals surface area contributed by atoms with Crippen molar-refractivity contribution in [3.8, 4) is 0 Å². The minimum atomic E-state index is -0.515. The quantitative estimate of drug-likeness (QED) is 0.757. The van der Waals surface area contributed by atoms with E-state index in [1.165, 1.54) is 30.4 Å². The van der Waals surface area contributed by atoms with Crippen LogP contribution in [0.2, 0.25) is 0 Å². The number of hydrogen-bond acceptors (Lipinski definition) is 2. The van der Waals surface area contributed by atoms with Gasteiger partial charge in [-0.05, 0) is 43.9 Å². The van der Waals surface area contributed by atoms with Crippen LogP contribution in [0, 0.1) is 5.92 Å². The second kappa shape index (κ2) is 7.08. The van der Waals surface area contributed by atoms with Gasteiger partial charge in [0.05, 0.1) is 5.54 Å². The van der Waals surface area contributed by atoms with Gasteiger partial charge in [-0.2, -0.15) is 0 Å². The van der Waals surface area contributed by atoms with Gasteiger partial charge >= 0.3 is 0 Å². The molecule has 1 aliphatic carbocycles. The number of nitrogens with one attached hydrogen (secondary N) is 1. The van der Waals surface area contributed by atoms with Crippen LogP contribution in [0.1, 0.15) is 43.7 Å². The fraction of sp³-hybridized carbons (Fsp3) is 0.455. The number of rotatable bonds is 8. The van der Waals surface area contributed by atoms with Crippen LogP contribution in [-0.2, 0) is 10.3 Å². The van der Waals surface area contributed by atoms with Gasteiger partial charge in [0.2, 0.25) is 0 Å². The number of methoxy groups -OCH3 is 1. The molecular weight excluding hydrogens is 294 g/mol. The third-order valence-corrected chi connectivity index (χ3v) is 5.75. The molecule has 0 radical (unpaired) electrons. The summed E-state index contributed by atoms with van der Waals surface area (Å²) in [7, 11) is 3.90. The Hall–Kier alpha value is -1.64. The number of hydrogen-bond donors (Lipinski definition) is 1. The van der Waals surface area contributed by atoms with Gasteiger partial charge in [0.15, 0.2) is 0 Å². The lowest BCUT2D eigenvalue weighted by atomic mass is 9.69. The maximum atomic E-state index is 6.36. The first-order chi connectivity index (χ1) is 11.7. The maximum Gasteiger partial charge on any atom is 0.135 e. The Kier molecular flexibility index (Phi) is 5.07. The third kappa shape index (κ3) is 3.01. The lowest BCUT2D eigenvalue weighted by Crippen LogP contribution is -2.59. The van der Waals surface area contributed by atoms with Crippen molar-refractivity contribution in [2.75, 3.05) is 14.2 Å². The third-order valence-electron chi connectivity index (χ3n) is 5.75. The summed E-state index contributed by atoms with van der Waals surface area (Å²) < 4.78 is 6.36. The summed E-state index contributed by atoms with van der Waals surface area (Å²) in [5, 5.41) is 3.63. The molecule has 0 aliphatic heterocycles. The molecule has 0 bridgehead atoms. The molecule has 1 atom stereocenters. The number of likely N-dealkylation sites (N-methyl/N-ethyl adjacent to an activating group) is 1. The van der Waals surface area contributed by atoms with E-state index < -0.39 is 5.60 Å². The maximum absolute atomic E-state index is 6.36. The van der Waals surface area contributed by atoms with Crippen molar-refractivity contribution in [3.05, 3.63) is 71.8 Å². The SMILES string of the molecule is CNC(C)(CCC1CC1)C(OC)(c1ccccc1)c1ccccc1. The van der Waals surface area contributed by atoms with Crippen molar-refractivity contribution in [2.45, 2.75) is 43.7 Å². The smallest absolute Gasteiger partial charge is 0.135 e. The molecular formula is C22H29NO. The van der Waals surface area contributed by atoms with E-state index >= 15 is 0 Å². The molecule has 1 aliphatic rings. The molecule has 0 heterocycles. The van der Waals surface area contributed by atoms with E-state index in [0.29, 0.717) is 0 Å². The first kappa shape index (κ1) is 17.2. The minimum Gasteiger partial charge on any atom is -0.367 e. The first-order valence-electron chi connectivity index (χ1n) is 9.01. The molecule has 2 aromatic rings. The molecule has 1 unspecified atom stereocenters. The summed E-state index contributed by atoms with van der Waals surface area (Å²) in [4.78, 5) is 0. The van der Waals surface area contributed by atoms with Crippen LogP contribution in [0.3, 0.4) is 0 Å². The van der Waals surface area contributed by atoms with Crippen molar-refractivity contribution in [2.24, 2.45) is 5.92 Å². The summed E-state index contributed by atoms with van der Waals surface area (Å²) in [6.07, 6.45) is 5.11. The van der Waals surface area contributed by atoms with Gasteiger partial charge in [-0.3, -0.25) is 0 Å². The van der Waals surface area contributed by atoms with E-state index in [-0.39, 0.29) is 5.54 Å². The van der Waals surface area contributed by atoms with E-state index in [4.69, 9.17) is 4.74 Å². The Morgan fingerprint density at radius 3 is 1.83 bits per heavy atom. The monoisotopic (exact) mass is 323 g/mol. The van der Waals surface area contributed by atoms with Crippen LogP contribution in [0.25, 0.3) is 0 Å². The van der Waals surface area contributed by atoms with Crippen molar-refractivity contribution in [1.82, 2.24) is 5.32 Å². The molecule has 0 saturated heterocycles. The number of benzene rings is 2. The normalized spacial score (nSPS) is 17.5. The van der Waals surface area contributed by atoms with Gasteiger partial charge in [-0.25, -0.2) is 0 Å². The largest absolute Gasteiger partial charge is 0.367 e. The van der Waals surface area contributed by atoms with Crippen molar-refractivity contribution >= 4 is 0 Å². The molecule has 0 spiro atoms. The lowest BCUT2D eigenvalue weighted by molar-refractivity contribution is -0.0556. The Morgan fingerprint density at radius 1 is 0.958 bits per heavy atom. The van der Waals surface area contributed by atoms with Gasteiger partial charge < -0.3 is 10.1 Å². The van der Waals surface area contributed by atoms with Gasteiger partial charge in [0, 0.05) is 7.11 Å². The highest BCUT2D eigenvalue weighted by atomic mass is 16.5. The standard InChI is InChI=1S/C22H29NO/c1-21(23-2,17-16-18-14-15-18)22(24-3,19-10-6-4-7-11-19)20-12-8-5-9-13-20/h4-13,18,23H,14-17H2,1-3H3. The average Bonchev–Trinajstić information content (AvgIpc) is 3.47. The average molecular weight is 323 g/mol. The number of ether oxygens (including phenoxy) is 1. The van der Waals surface area contributed by atoms with Crippen LogP contribution in [-0.4, -0.2) is 19.7 Å². The molecule has 1 N–H and O–H groups in total. The van der Waals surface area contributed by atoms with E-state index in [1.807, 2.05) is 7.11 Å². The van der Waals surface area contributed by atoms with Crippen LogP contribution in [0.5, 0.6) is 0 Å². The summed E-state index contributed by atoms with van der Waals surface area (Å²) in [6, 6.07) is 21.3. The zero-order chi connectivity index (χ0) is 17.0. The van der Waals surface area contributed by atoms with E-state index in [1.54, 1.807) is 0 Å². The van der Waals surface area contributed by atoms with E-state index in [9.17, 15) is 0 Å². The fourth-order valence-corrected chi connectivity index (χ4v) is 3.99. The topological polar surface area (TPSA) is 21.3 Å². The van der Waals surface area contributed by atoms with Crippen LogP contribution in [0.15, 0.2) is 60.7 Å². The zero-order valence-electron chi connectivity index (χ0n) is 15.1. The molecule has 0 amide bonds. The Balaban J connectivity index is 2.12. The first-order valence-corrected chi connectivity index (χ1v) is 9.01. The molecule has 2 aromatic carbocycles. The van der Waals surface area contributed by atoms with Gasteiger partial charge in [0.1, 0.15) is 5.60 Å². The predicted molar refractivity (Wildman–Crippen MR) is 100 cm³/mol. The van der Waals surface area contributed by atoms with Gasteiger partial charge in [0.25, 0.3) is 0 Å². The summed E-state index contributed by atoms with van der Waals surface area (Å²) in [5.41, 5.74) is 1.70. The summed E-state index contributed by atoms with van der Waals surface area (Å²) >= 11 is 0. The molecule has 128 valence electrons. The lowest BCUT2D eigenvalue weighted by Gasteiger charge is -2.49. The second-order valence-electron chi connectivity index (χ2n) is 7.18. The summed E-state index contributed by atoms with van der Waals surface area (Å²) in [5.74, 6) is 0.902. The molecule has 0 aromatic heterocycles. The molecule has 2 heteroatoms. The molecule has 1 saturated carbocycles. The van der Waals surface area contributed by atoms with Gasteiger partial charge in [-0.15, -0.1) is 0 Å². The predicted octanol–water partition coefficient (Wildman–Crippen LogP) is 4.74. The van der Waals surface area contributed by atoms with Crippen molar-refractivity contribution in [3.63, 3.8) is 0 Å². The molecule has 2 nitrogen and oxygen atoms in total. The highest BCUT2D eigenvalue weighted by Gasteiger charge is 2.50. The van der Waals surface area contributed by atoms with Gasteiger partial charge in [-0.1, -0.05) is 73.5 Å². The highest BCUT2D eigenvalue weighted by Crippen LogP contribution is 2.46. The Morgan fingerprint density at radius 2 is 1.46 bits per heavy atom. The Bertz CT molecular complexity index is 596. The molecule has 24 heavy (non-hydrogen) atoms. The van der Waals surface area contributed by atoms with E-state index in [2.05, 4.69) is 80.0 Å².